The predicted molar refractivity (Wildman–Crippen MR) is 215 cm³/mol. The van der Waals surface area contributed by atoms with E-state index in [1.165, 1.54) is 0 Å². The van der Waals surface area contributed by atoms with Crippen molar-refractivity contribution in [2.75, 3.05) is 41.0 Å². The number of likely N-dealkylation sites (tertiary alicyclic amines) is 2. The number of ketones is 2. The molecule has 0 spiro atoms. The van der Waals surface area contributed by atoms with Gasteiger partial charge in [0.1, 0.15) is 5.78 Å². The minimum absolute atomic E-state index is 0.00271. The Labute approximate surface area is 335 Å². The average Bonchev–Trinajstić information content (AvgIpc) is 3.94. The normalized spacial score (nSPS) is 24.7. The van der Waals surface area contributed by atoms with Crippen LogP contribution < -0.4 is 5.73 Å². The van der Waals surface area contributed by atoms with Crippen LogP contribution in [0.4, 0.5) is 0 Å². The van der Waals surface area contributed by atoms with Gasteiger partial charge in [0.25, 0.3) is 0 Å². The SMILES string of the molecule is CC[C@H](C)[C@@H]([C@@H](CC(=O)N1CCC[C@H]1[C@H](OC)[C@@H](C)C(=O)C[C@H](CO)Cc1ccccc1)OC)N(C)C(=O)[C@@H](CC(=O)[C@@H]1[C@H]2CC[C@H](C2)N1CC(N)=O)C(C)C. The Morgan fingerprint density at radius 2 is 1.66 bits per heavy atom. The first kappa shape index (κ1) is 45.5. The van der Waals surface area contributed by atoms with E-state index in [1.807, 2.05) is 60.9 Å². The molecule has 12 heteroatoms. The summed E-state index contributed by atoms with van der Waals surface area (Å²) < 4.78 is 12.0. The van der Waals surface area contributed by atoms with Gasteiger partial charge >= 0.3 is 0 Å². The van der Waals surface area contributed by atoms with Crippen molar-refractivity contribution in [3.63, 3.8) is 0 Å². The van der Waals surface area contributed by atoms with E-state index in [4.69, 9.17) is 15.2 Å². The number of fused-ring (bicyclic) bond motifs is 2. The summed E-state index contributed by atoms with van der Waals surface area (Å²) in [6.45, 7) is 10.4. The number of amides is 3. The number of ether oxygens (including phenoxy) is 2. The van der Waals surface area contributed by atoms with E-state index in [2.05, 4.69) is 13.8 Å². The van der Waals surface area contributed by atoms with E-state index in [1.54, 1.807) is 26.2 Å². The molecular formula is C44H70N4O8. The number of aliphatic hydroxyl groups excluding tert-OH is 1. The number of carbonyl (C=O) groups is 5. The first-order valence-electron chi connectivity index (χ1n) is 21.0. The maximum Gasteiger partial charge on any atom is 0.231 e. The molecule has 1 saturated carbocycles. The fraction of sp³-hybridized carbons (Fsp3) is 0.750. The van der Waals surface area contributed by atoms with Crippen LogP contribution in [0.2, 0.25) is 0 Å². The van der Waals surface area contributed by atoms with Gasteiger partial charge in [-0.1, -0.05) is 71.4 Å². The van der Waals surface area contributed by atoms with Gasteiger partial charge in [-0.05, 0) is 67.8 Å². The molecule has 0 aromatic heterocycles. The molecule has 3 amide bonds. The van der Waals surface area contributed by atoms with E-state index in [0.29, 0.717) is 19.4 Å². The maximum atomic E-state index is 14.5. The summed E-state index contributed by atoms with van der Waals surface area (Å²) in [5.74, 6) is -1.98. The molecule has 1 aromatic carbocycles. The molecule has 3 N–H and O–H groups in total. The fourth-order valence-electron chi connectivity index (χ4n) is 10.1. The number of Topliss-reactive ketones (excluding diaryl/α,β-unsaturated/α-hetero) is 2. The van der Waals surface area contributed by atoms with Gasteiger partial charge in [0.15, 0.2) is 5.78 Å². The summed E-state index contributed by atoms with van der Waals surface area (Å²) in [5.41, 5.74) is 6.64. The Kier molecular flexibility index (Phi) is 17.1. The number of benzene rings is 1. The Bertz CT molecular complexity index is 1470. The number of methoxy groups -OCH3 is 2. The van der Waals surface area contributed by atoms with Crippen LogP contribution in [-0.4, -0.2) is 126 Å². The minimum Gasteiger partial charge on any atom is -0.396 e. The van der Waals surface area contributed by atoms with E-state index in [-0.39, 0.29) is 91.6 Å². The standard InChI is InChI=1S/C44H70N4O8/c1-9-28(4)41(46(6)44(54)34(27(2)3)23-37(51)42-32-17-18-33(22-32)48(42)25-39(45)52)38(55-7)24-40(53)47-19-13-16-35(47)43(56-8)29(5)36(50)21-31(26-49)20-30-14-11-10-12-15-30/h10-12,14-15,27-29,31-35,38,41-43,49H,9,13,16-26H2,1-8H3,(H2,45,52)/t28-,29-,31+,32-,33+,34-,35-,38+,41-,42-,43+/m0/s1. The van der Waals surface area contributed by atoms with Crippen molar-refractivity contribution in [2.24, 2.45) is 41.2 Å². The van der Waals surface area contributed by atoms with Crippen molar-refractivity contribution in [1.29, 1.82) is 0 Å². The molecule has 2 bridgehead atoms. The molecule has 2 heterocycles. The van der Waals surface area contributed by atoms with Crippen molar-refractivity contribution >= 4 is 29.3 Å². The smallest absolute Gasteiger partial charge is 0.231 e. The number of hydrogen-bond acceptors (Lipinski definition) is 9. The van der Waals surface area contributed by atoms with Crippen LogP contribution in [-0.2, 0) is 39.9 Å². The van der Waals surface area contributed by atoms with Crippen molar-refractivity contribution < 1.29 is 38.6 Å². The lowest BCUT2D eigenvalue weighted by molar-refractivity contribution is -0.149. The number of carbonyl (C=O) groups excluding carboxylic acids is 5. The number of piperidine rings is 1. The Balaban J connectivity index is 1.46. The first-order chi connectivity index (χ1) is 26.7. The molecule has 11 atom stereocenters. The maximum absolute atomic E-state index is 14.5. The minimum atomic E-state index is -0.615. The topological polar surface area (TPSA) is 160 Å². The Morgan fingerprint density at radius 1 is 0.964 bits per heavy atom. The third-order valence-corrected chi connectivity index (χ3v) is 13.4. The highest BCUT2D eigenvalue weighted by atomic mass is 16.5. The molecule has 3 aliphatic rings. The molecule has 0 unspecified atom stereocenters. The molecule has 0 radical (unpaired) electrons. The lowest BCUT2D eigenvalue weighted by Crippen LogP contribution is -2.54. The Morgan fingerprint density at radius 3 is 2.25 bits per heavy atom. The van der Waals surface area contributed by atoms with Gasteiger partial charge in [0.05, 0.1) is 43.3 Å². The lowest BCUT2D eigenvalue weighted by atomic mass is 9.83. The van der Waals surface area contributed by atoms with Crippen molar-refractivity contribution in [2.45, 2.75) is 135 Å². The zero-order valence-electron chi connectivity index (χ0n) is 35.2. The summed E-state index contributed by atoms with van der Waals surface area (Å²) in [5, 5.41) is 10.1. The molecule has 4 rings (SSSR count). The highest BCUT2D eigenvalue weighted by molar-refractivity contribution is 5.91. The number of aliphatic hydroxyl groups is 1. The second-order valence-corrected chi connectivity index (χ2v) is 17.3. The van der Waals surface area contributed by atoms with Gasteiger partial charge in [-0.3, -0.25) is 28.9 Å². The fourth-order valence-corrected chi connectivity index (χ4v) is 10.1. The predicted octanol–water partition coefficient (Wildman–Crippen LogP) is 4.29. The summed E-state index contributed by atoms with van der Waals surface area (Å²) in [6, 6.07) is 8.86. The van der Waals surface area contributed by atoms with Gasteiger partial charge < -0.3 is 30.1 Å². The van der Waals surface area contributed by atoms with E-state index < -0.39 is 42.0 Å². The molecule has 56 heavy (non-hydrogen) atoms. The van der Waals surface area contributed by atoms with Crippen LogP contribution in [0.1, 0.15) is 98.0 Å². The molecule has 2 saturated heterocycles. The quantitative estimate of drug-likeness (QED) is 0.165. The zero-order chi connectivity index (χ0) is 41.3. The number of nitrogens with zero attached hydrogens (tertiary/aromatic N) is 3. The average molecular weight is 783 g/mol. The van der Waals surface area contributed by atoms with Crippen LogP contribution in [0.3, 0.4) is 0 Å². The first-order valence-corrected chi connectivity index (χ1v) is 21.0. The van der Waals surface area contributed by atoms with Gasteiger partial charge in [-0.15, -0.1) is 0 Å². The van der Waals surface area contributed by atoms with E-state index >= 15 is 0 Å². The molecular weight excluding hydrogens is 713 g/mol. The van der Waals surface area contributed by atoms with Crippen molar-refractivity contribution in [3.05, 3.63) is 35.9 Å². The largest absolute Gasteiger partial charge is 0.396 e. The van der Waals surface area contributed by atoms with E-state index in [0.717, 1.165) is 37.7 Å². The molecule has 1 aliphatic carbocycles. The second-order valence-electron chi connectivity index (χ2n) is 17.3. The van der Waals surface area contributed by atoms with Gasteiger partial charge in [-0.25, -0.2) is 0 Å². The third-order valence-electron chi connectivity index (χ3n) is 13.4. The molecule has 314 valence electrons. The van der Waals surface area contributed by atoms with Gasteiger partial charge in [-0.2, -0.15) is 0 Å². The monoisotopic (exact) mass is 783 g/mol. The van der Waals surface area contributed by atoms with Crippen LogP contribution in [0.25, 0.3) is 0 Å². The summed E-state index contributed by atoms with van der Waals surface area (Å²) in [7, 11) is 4.92. The number of hydrogen-bond donors (Lipinski definition) is 2. The number of nitrogens with two attached hydrogens (primary N) is 1. The molecule has 3 fully saturated rings. The van der Waals surface area contributed by atoms with Crippen LogP contribution in [0, 0.1) is 35.5 Å². The zero-order valence-corrected chi connectivity index (χ0v) is 35.2. The Hall–Kier alpha value is -3.19. The number of rotatable bonds is 23. The van der Waals surface area contributed by atoms with Gasteiger partial charge in [0, 0.05) is 65.1 Å². The van der Waals surface area contributed by atoms with Crippen molar-refractivity contribution in [1.82, 2.24) is 14.7 Å². The van der Waals surface area contributed by atoms with Crippen LogP contribution in [0.5, 0.6) is 0 Å². The summed E-state index contributed by atoms with van der Waals surface area (Å²) in [6.07, 6.45) is 4.78. The molecule has 1 aromatic rings. The number of likely N-dealkylation sites (N-methyl/N-ethyl adjacent to an activating group) is 1. The third kappa shape index (κ3) is 10.8. The highest BCUT2D eigenvalue weighted by Crippen LogP contribution is 2.43. The summed E-state index contributed by atoms with van der Waals surface area (Å²) >= 11 is 0. The van der Waals surface area contributed by atoms with Crippen LogP contribution in [0.15, 0.2) is 30.3 Å². The van der Waals surface area contributed by atoms with Crippen molar-refractivity contribution in [3.8, 4) is 0 Å². The summed E-state index contributed by atoms with van der Waals surface area (Å²) in [4.78, 5) is 73.8. The molecule has 12 nitrogen and oxygen atoms in total. The second kappa shape index (κ2) is 21.0. The molecule has 2 aliphatic heterocycles. The highest BCUT2D eigenvalue weighted by Gasteiger charge is 2.50. The lowest BCUT2D eigenvalue weighted by Gasteiger charge is -2.41. The van der Waals surface area contributed by atoms with Crippen LogP contribution >= 0.6 is 0 Å². The van der Waals surface area contributed by atoms with Gasteiger partial charge in [0.2, 0.25) is 17.7 Å². The van der Waals surface area contributed by atoms with E-state index in [9.17, 15) is 29.1 Å². The number of primary amides is 1.